The zero-order valence-corrected chi connectivity index (χ0v) is 12.8. The number of aliphatic imine (C=N–C) groups is 1. The zero-order chi connectivity index (χ0) is 14.2. The van der Waals surface area contributed by atoms with E-state index in [9.17, 15) is 0 Å². The maximum Gasteiger partial charge on any atom is 0.205 e. The van der Waals surface area contributed by atoms with Gasteiger partial charge >= 0.3 is 0 Å². The normalized spacial score (nSPS) is 30.6. The summed E-state index contributed by atoms with van der Waals surface area (Å²) in [6.07, 6.45) is 3.82. The van der Waals surface area contributed by atoms with Gasteiger partial charge in [0.25, 0.3) is 0 Å². The highest BCUT2D eigenvalue weighted by Gasteiger charge is 2.47. The maximum absolute atomic E-state index is 9.00. The van der Waals surface area contributed by atoms with Crippen molar-refractivity contribution in [3.63, 3.8) is 0 Å². The van der Waals surface area contributed by atoms with Crippen molar-refractivity contribution in [2.24, 2.45) is 10.9 Å². The van der Waals surface area contributed by atoms with Gasteiger partial charge in [0.1, 0.15) is 11.4 Å². The van der Waals surface area contributed by atoms with Crippen molar-refractivity contribution >= 4 is 21.6 Å². The summed E-state index contributed by atoms with van der Waals surface area (Å²) in [4.78, 5) is 4.06. The monoisotopic (exact) mass is 334 g/mol. The number of benzene rings is 1. The first kappa shape index (κ1) is 13.6. The molecule has 0 N–H and O–H groups in total. The number of hydrogen-bond donors (Lipinski definition) is 0. The van der Waals surface area contributed by atoms with E-state index < -0.39 is 5.60 Å². The number of hydrogen-bond acceptors (Lipinski definition) is 4. The number of rotatable bonds is 0. The van der Waals surface area contributed by atoms with Gasteiger partial charge in [0.2, 0.25) is 6.19 Å². The minimum Gasteiger partial charge on any atom is -0.483 e. The number of nitrogens with zero attached hydrogens (tertiary/aromatic N) is 2. The molecule has 0 radical (unpaired) electrons. The van der Waals surface area contributed by atoms with Gasteiger partial charge in [-0.2, -0.15) is 10.3 Å². The number of ether oxygens (including phenoxy) is 2. The quantitative estimate of drug-likeness (QED) is 0.684. The van der Waals surface area contributed by atoms with Crippen molar-refractivity contribution in [1.82, 2.24) is 0 Å². The summed E-state index contributed by atoms with van der Waals surface area (Å²) in [5, 5.41) is 9.00. The van der Waals surface area contributed by atoms with Crippen LogP contribution in [0.25, 0.3) is 0 Å². The Morgan fingerprint density at radius 2 is 2.35 bits per heavy atom. The van der Waals surface area contributed by atoms with Crippen molar-refractivity contribution < 1.29 is 9.47 Å². The van der Waals surface area contributed by atoms with Crippen LogP contribution in [-0.4, -0.2) is 24.5 Å². The Hall–Kier alpha value is -1.38. The van der Waals surface area contributed by atoms with Crippen LogP contribution >= 0.6 is 15.9 Å². The molecule has 1 saturated heterocycles. The molecule has 0 bridgehead atoms. The molecule has 1 spiro atoms. The topological polar surface area (TPSA) is 54.6 Å². The molecule has 104 valence electrons. The molecule has 1 aromatic rings. The van der Waals surface area contributed by atoms with Crippen LogP contribution in [0, 0.1) is 17.4 Å². The van der Waals surface area contributed by atoms with E-state index in [1.165, 1.54) is 0 Å². The molecule has 0 aromatic heterocycles. The molecule has 0 amide bonds. The highest BCUT2D eigenvalue weighted by atomic mass is 79.9. The summed E-state index contributed by atoms with van der Waals surface area (Å²) in [5.74, 6) is 0.815. The molecule has 3 rings (SSSR count). The minimum atomic E-state index is -0.394. The lowest BCUT2D eigenvalue weighted by molar-refractivity contribution is -0.0871. The molecule has 2 atom stereocenters. The highest BCUT2D eigenvalue weighted by molar-refractivity contribution is 9.10. The largest absolute Gasteiger partial charge is 0.483 e. The first-order valence-corrected chi connectivity index (χ1v) is 7.49. The van der Waals surface area contributed by atoms with E-state index in [1.807, 2.05) is 24.4 Å². The first-order valence-electron chi connectivity index (χ1n) is 6.70. The van der Waals surface area contributed by atoms with Crippen LogP contribution in [0.2, 0.25) is 0 Å². The van der Waals surface area contributed by atoms with Gasteiger partial charge in [-0.1, -0.05) is 22.9 Å². The van der Waals surface area contributed by atoms with E-state index in [4.69, 9.17) is 14.7 Å². The molecule has 4 nitrogen and oxygen atoms in total. The molecule has 2 unspecified atom stereocenters. The summed E-state index contributed by atoms with van der Waals surface area (Å²) in [6, 6.07) is 5.82. The van der Waals surface area contributed by atoms with Gasteiger partial charge in [-0.15, -0.1) is 0 Å². The molecule has 0 saturated carbocycles. The molecule has 20 heavy (non-hydrogen) atoms. The number of halogens is 1. The fraction of sp³-hybridized carbons (Fsp3) is 0.467. The Labute approximate surface area is 126 Å². The summed E-state index contributed by atoms with van der Waals surface area (Å²) < 4.78 is 12.8. The van der Waals surface area contributed by atoms with Crippen LogP contribution in [0.1, 0.15) is 25.3 Å². The third-order valence-corrected chi connectivity index (χ3v) is 4.63. The second kappa shape index (κ2) is 5.19. The minimum absolute atomic E-state index is 0.0317. The molecular formula is C15H15BrN2O2. The molecule has 1 fully saturated rings. The average molecular weight is 335 g/mol. The van der Waals surface area contributed by atoms with Crippen LogP contribution in [0.4, 0.5) is 0 Å². The van der Waals surface area contributed by atoms with E-state index in [2.05, 4.69) is 27.8 Å². The fourth-order valence-electron chi connectivity index (χ4n) is 3.00. The summed E-state index contributed by atoms with van der Waals surface area (Å²) in [5.41, 5.74) is 1.29. The SMILES string of the molecule is CC1C(=NC#N)c2cc(Br)ccc2OC12CCCOC2. The van der Waals surface area contributed by atoms with Crippen molar-refractivity contribution in [1.29, 1.82) is 5.26 Å². The molecule has 2 aliphatic rings. The molecule has 2 heterocycles. The smallest absolute Gasteiger partial charge is 0.205 e. The Balaban J connectivity index is 2.12. The lowest BCUT2D eigenvalue weighted by Gasteiger charge is -2.45. The predicted octanol–water partition coefficient (Wildman–Crippen LogP) is 3.30. The maximum atomic E-state index is 9.00. The van der Waals surface area contributed by atoms with Crippen LogP contribution < -0.4 is 4.74 Å². The molecule has 1 aromatic carbocycles. The van der Waals surface area contributed by atoms with E-state index >= 15 is 0 Å². The van der Waals surface area contributed by atoms with E-state index in [0.29, 0.717) is 6.61 Å². The fourth-order valence-corrected chi connectivity index (χ4v) is 3.37. The van der Waals surface area contributed by atoms with Gasteiger partial charge in [0.05, 0.1) is 12.3 Å². The highest BCUT2D eigenvalue weighted by Crippen LogP contribution is 2.42. The molecule has 2 aliphatic heterocycles. The van der Waals surface area contributed by atoms with Gasteiger partial charge in [-0.25, -0.2) is 0 Å². The number of nitriles is 1. The Morgan fingerprint density at radius 3 is 3.05 bits per heavy atom. The van der Waals surface area contributed by atoms with E-state index in [1.54, 1.807) is 0 Å². The molecule has 0 aliphatic carbocycles. The van der Waals surface area contributed by atoms with Gasteiger partial charge in [0, 0.05) is 22.6 Å². The Bertz CT molecular complexity index is 600. The second-order valence-electron chi connectivity index (χ2n) is 5.28. The summed E-state index contributed by atoms with van der Waals surface area (Å²) in [6.45, 7) is 3.39. The van der Waals surface area contributed by atoms with Gasteiger partial charge in [0.15, 0.2) is 0 Å². The predicted molar refractivity (Wildman–Crippen MR) is 78.9 cm³/mol. The van der Waals surface area contributed by atoms with Crippen LogP contribution in [0.15, 0.2) is 27.7 Å². The number of fused-ring (bicyclic) bond motifs is 1. The van der Waals surface area contributed by atoms with Crippen molar-refractivity contribution in [3.05, 3.63) is 28.2 Å². The zero-order valence-electron chi connectivity index (χ0n) is 11.2. The van der Waals surface area contributed by atoms with Crippen LogP contribution in [0.3, 0.4) is 0 Å². The van der Waals surface area contributed by atoms with Gasteiger partial charge in [-0.3, -0.25) is 0 Å². The molecular weight excluding hydrogens is 320 g/mol. The summed E-state index contributed by atoms with van der Waals surface area (Å²) in [7, 11) is 0. The van der Waals surface area contributed by atoms with Crippen molar-refractivity contribution in [2.75, 3.05) is 13.2 Å². The van der Waals surface area contributed by atoms with Gasteiger partial charge in [-0.05, 0) is 31.0 Å². The average Bonchev–Trinajstić information content (AvgIpc) is 2.46. The second-order valence-corrected chi connectivity index (χ2v) is 6.20. The Morgan fingerprint density at radius 1 is 1.50 bits per heavy atom. The Kier molecular flexibility index (Phi) is 3.53. The van der Waals surface area contributed by atoms with Crippen molar-refractivity contribution in [3.8, 4) is 11.9 Å². The summed E-state index contributed by atoms with van der Waals surface area (Å²) >= 11 is 3.46. The standard InChI is InChI=1S/C15H15BrN2O2/c1-10-14(18-9-17)12-7-11(16)3-4-13(12)20-15(10)5-2-6-19-8-15/h3-4,7,10H,2,5-6,8H2,1H3. The third-order valence-electron chi connectivity index (χ3n) is 4.14. The third kappa shape index (κ3) is 2.13. The van der Waals surface area contributed by atoms with E-state index in [-0.39, 0.29) is 5.92 Å². The van der Waals surface area contributed by atoms with Crippen LogP contribution in [-0.2, 0) is 4.74 Å². The van der Waals surface area contributed by atoms with Crippen LogP contribution in [0.5, 0.6) is 5.75 Å². The lowest BCUT2D eigenvalue weighted by Crippen LogP contribution is -2.54. The van der Waals surface area contributed by atoms with Gasteiger partial charge < -0.3 is 9.47 Å². The lowest BCUT2D eigenvalue weighted by atomic mass is 9.76. The first-order chi connectivity index (χ1) is 9.66. The van der Waals surface area contributed by atoms with Crippen molar-refractivity contribution in [2.45, 2.75) is 25.4 Å². The molecule has 5 heteroatoms. The van der Waals surface area contributed by atoms with E-state index in [0.717, 1.165) is 40.9 Å².